The molecule has 0 atom stereocenters. The zero-order chi connectivity index (χ0) is 21.2. The van der Waals surface area contributed by atoms with E-state index < -0.39 is 12.0 Å². The van der Waals surface area contributed by atoms with Gasteiger partial charge in [-0.15, -0.1) is 0 Å². The van der Waals surface area contributed by atoms with Gasteiger partial charge in [-0.3, -0.25) is 4.79 Å². The second-order valence-electron chi connectivity index (χ2n) is 7.86. The fourth-order valence-corrected chi connectivity index (χ4v) is 3.99. The van der Waals surface area contributed by atoms with E-state index in [9.17, 15) is 13.6 Å². The Morgan fingerprint density at radius 2 is 1.90 bits per heavy atom. The SMILES string of the molecule is CNC1CC(C(=O)Nc2ccc(C)nc2OC(F)F)(c2ccccc2C(C)C)C1. The molecule has 0 saturated heterocycles. The Balaban J connectivity index is 1.97. The molecule has 0 spiro atoms. The third-order valence-electron chi connectivity index (χ3n) is 5.58. The number of ether oxygens (including phenoxy) is 1. The van der Waals surface area contributed by atoms with E-state index in [1.807, 2.05) is 31.3 Å². The average Bonchev–Trinajstić information content (AvgIpc) is 2.63. The van der Waals surface area contributed by atoms with Gasteiger partial charge in [-0.25, -0.2) is 4.98 Å². The standard InChI is InChI=1S/C22H27F2N3O2/c1-13(2)16-7-5-6-8-17(16)22(11-15(12-22)25-4)20(28)27-18-10-9-14(3)26-19(18)29-21(23)24/h5-10,13,15,21,25H,11-12H2,1-4H3,(H,27,28). The smallest absolute Gasteiger partial charge is 0.388 e. The number of amides is 1. The largest absolute Gasteiger partial charge is 0.415 e. The van der Waals surface area contributed by atoms with E-state index >= 15 is 0 Å². The molecule has 1 fully saturated rings. The van der Waals surface area contributed by atoms with E-state index in [0.717, 1.165) is 11.1 Å². The first-order chi connectivity index (χ1) is 13.8. The van der Waals surface area contributed by atoms with Gasteiger partial charge in [0.1, 0.15) is 5.69 Å². The predicted octanol–water partition coefficient (Wildman–Crippen LogP) is 4.37. The van der Waals surface area contributed by atoms with Crippen LogP contribution in [0.4, 0.5) is 14.5 Å². The quantitative estimate of drug-likeness (QED) is 0.721. The molecule has 1 aliphatic carbocycles. The number of pyridine rings is 1. The minimum atomic E-state index is -3.02. The summed E-state index contributed by atoms with van der Waals surface area (Å²) in [6.45, 7) is 2.84. The van der Waals surface area contributed by atoms with E-state index in [1.165, 1.54) is 0 Å². The van der Waals surface area contributed by atoms with Crippen LogP contribution in [0.25, 0.3) is 0 Å². The van der Waals surface area contributed by atoms with Crippen molar-refractivity contribution >= 4 is 11.6 Å². The van der Waals surface area contributed by atoms with E-state index in [4.69, 9.17) is 0 Å². The minimum absolute atomic E-state index is 0.148. The van der Waals surface area contributed by atoms with Crippen molar-refractivity contribution in [2.75, 3.05) is 12.4 Å². The van der Waals surface area contributed by atoms with Crippen LogP contribution >= 0.6 is 0 Å². The number of nitrogens with one attached hydrogen (secondary N) is 2. The average molecular weight is 403 g/mol. The van der Waals surface area contributed by atoms with Crippen molar-refractivity contribution in [3.63, 3.8) is 0 Å². The fraction of sp³-hybridized carbons (Fsp3) is 0.455. The monoisotopic (exact) mass is 403 g/mol. The molecule has 5 nitrogen and oxygen atoms in total. The summed E-state index contributed by atoms with van der Waals surface area (Å²) in [6.07, 6.45) is 1.26. The molecule has 1 aromatic carbocycles. The summed E-state index contributed by atoms with van der Waals surface area (Å²) in [5.74, 6) is -0.254. The highest BCUT2D eigenvalue weighted by Gasteiger charge is 2.52. The number of carbonyl (C=O) groups is 1. The van der Waals surface area contributed by atoms with E-state index in [0.29, 0.717) is 18.5 Å². The Hall–Kier alpha value is -2.54. The van der Waals surface area contributed by atoms with Gasteiger partial charge in [0, 0.05) is 11.7 Å². The van der Waals surface area contributed by atoms with Crippen LogP contribution in [0.2, 0.25) is 0 Å². The normalized spacial score (nSPS) is 21.2. The summed E-state index contributed by atoms with van der Waals surface area (Å²) in [4.78, 5) is 17.5. The number of anilines is 1. The summed E-state index contributed by atoms with van der Waals surface area (Å²) < 4.78 is 30.1. The lowest BCUT2D eigenvalue weighted by atomic mass is 9.59. The second kappa shape index (κ2) is 8.45. The number of aryl methyl sites for hydroxylation is 1. The van der Waals surface area contributed by atoms with Crippen LogP contribution in [0.1, 0.15) is 49.4 Å². The molecule has 1 heterocycles. The number of nitrogens with zero attached hydrogens (tertiary/aromatic N) is 1. The Morgan fingerprint density at radius 3 is 2.52 bits per heavy atom. The topological polar surface area (TPSA) is 63.2 Å². The van der Waals surface area contributed by atoms with Crippen LogP contribution in [-0.4, -0.2) is 30.6 Å². The van der Waals surface area contributed by atoms with Crippen molar-refractivity contribution < 1.29 is 18.3 Å². The minimum Gasteiger partial charge on any atom is -0.415 e. The number of benzene rings is 1. The number of halogens is 2. The van der Waals surface area contributed by atoms with Crippen LogP contribution in [0.5, 0.6) is 5.88 Å². The summed E-state index contributed by atoms with van der Waals surface area (Å²) >= 11 is 0. The van der Waals surface area contributed by atoms with Gasteiger partial charge in [-0.1, -0.05) is 38.1 Å². The Morgan fingerprint density at radius 1 is 1.21 bits per heavy atom. The number of rotatable bonds is 7. The van der Waals surface area contributed by atoms with Crippen molar-refractivity contribution in [1.29, 1.82) is 0 Å². The van der Waals surface area contributed by atoms with Crippen LogP contribution in [0.15, 0.2) is 36.4 Å². The first-order valence-electron chi connectivity index (χ1n) is 9.77. The zero-order valence-electron chi connectivity index (χ0n) is 17.1. The molecule has 0 bridgehead atoms. The van der Waals surface area contributed by atoms with Gasteiger partial charge >= 0.3 is 6.61 Å². The number of alkyl halides is 2. The number of hydrogen-bond acceptors (Lipinski definition) is 4. The maximum Gasteiger partial charge on any atom is 0.388 e. The van der Waals surface area contributed by atoms with E-state index in [1.54, 1.807) is 19.1 Å². The Bertz CT molecular complexity index is 880. The Labute approximate surface area is 169 Å². The molecule has 1 aliphatic rings. The van der Waals surface area contributed by atoms with Gasteiger partial charge in [0.05, 0.1) is 5.41 Å². The molecule has 3 rings (SSSR count). The van der Waals surface area contributed by atoms with Crippen LogP contribution < -0.4 is 15.4 Å². The molecule has 29 heavy (non-hydrogen) atoms. The van der Waals surface area contributed by atoms with Crippen molar-refractivity contribution in [2.45, 2.75) is 57.6 Å². The maximum atomic E-state index is 13.5. The van der Waals surface area contributed by atoms with Gasteiger partial charge in [-0.05, 0) is 56.0 Å². The lowest BCUT2D eigenvalue weighted by Gasteiger charge is -2.47. The lowest BCUT2D eigenvalue weighted by molar-refractivity contribution is -0.125. The molecule has 0 aliphatic heterocycles. The molecule has 7 heteroatoms. The van der Waals surface area contributed by atoms with Crippen molar-refractivity contribution in [3.05, 3.63) is 53.2 Å². The molecule has 0 radical (unpaired) electrons. The third-order valence-corrected chi connectivity index (χ3v) is 5.58. The lowest BCUT2D eigenvalue weighted by Crippen LogP contribution is -2.57. The molecule has 1 aromatic heterocycles. The number of hydrogen-bond donors (Lipinski definition) is 2. The Kier molecular flexibility index (Phi) is 6.17. The second-order valence-corrected chi connectivity index (χ2v) is 7.86. The van der Waals surface area contributed by atoms with Gasteiger partial charge < -0.3 is 15.4 Å². The zero-order valence-corrected chi connectivity index (χ0v) is 17.1. The van der Waals surface area contributed by atoms with Crippen molar-refractivity contribution in [1.82, 2.24) is 10.3 Å². The maximum absolute atomic E-state index is 13.5. The summed E-state index contributed by atoms with van der Waals surface area (Å²) in [5, 5.41) is 6.03. The van der Waals surface area contributed by atoms with Crippen LogP contribution in [0.3, 0.4) is 0 Å². The molecular formula is C22H27F2N3O2. The van der Waals surface area contributed by atoms with Gasteiger partial charge in [-0.2, -0.15) is 8.78 Å². The summed E-state index contributed by atoms with van der Waals surface area (Å²) in [5.41, 5.74) is 2.04. The van der Waals surface area contributed by atoms with E-state index in [-0.39, 0.29) is 29.4 Å². The summed E-state index contributed by atoms with van der Waals surface area (Å²) in [7, 11) is 1.87. The first-order valence-corrected chi connectivity index (χ1v) is 9.77. The molecular weight excluding hydrogens is 376 g/mol. The highest BCUT2D eigenvalue weighted by molar-refractivity contribution is 6.01. The van der Waals surface area contributed by atoms with Gasteiger partial charge in [0.25, 0.3) is 0 Å². The van der Waals surface area contributed by atoms with E-state index in [2.05, 4.69) is 34.2 Å². The number of carbonyl (C=O) groups excluding carboxylic acids is 1. The molecule has 156 valence electrons. The van der Waals surface area contributed by atoms with Gasteiger partial charge in [0.2, 0.25) is 11.8 Å². The van der Waals surface area contributed by atoms with Crippen LogP contribution in [0, 0.1) is 6.92 Å². The molecule has 2 aromatic rings. The van der Waals surface area contributed by atoms with Crippen LogP contribution in [-0.2, 0) is 10.2 Å². The molecule has 1 saturated carbocycles. The fourth-order valence-electron chi connectivity index (χ4n) is 3.99. The van der Waals surface area contributed by atoms with Crippen molar-refractivity contribution in [2.24, 2.45) is 0 Å². The molecule has 0 unspecified atom stereocenters. The summed E-state index contributed by atoms with van der Waals surface area (Å²) in [6, 6.07) is 11.4. The highest BCUT2D eigenvalue weighted by atomic mass is 19.3. The highest BCUT2D eigenvalue weighted by Crippen LogP contribution is 2.47. The first kappa shape index (κ1) is 21.2. The predicted molar refractivity (Wildman–Crippen MR) is 109 cm³/mol. The van der Waals surface area contributed by atoms with Gasteiger partial charge in [0.15, 0.2) is 0 Å². The molecule has 1 amide bonds. The van der Waals surface area contributed by atoms with Crippen molar-refractivity contribution in [3.8, 4) is 5.88 Å². The number of aromatic nitrogens is 1. The third kappa shape index (κ3) is 4.24. The molecule has 2 N–H and O–H groups in total.